The van der Waals surface area contributed by atoms with Gasteiger partial charge in [-0.05, 0) is 60.9 Å². The van der Waals surface area contributed by atoms with Gasteiger partial charge >= 0.3 is 0 Å². The molecule has 37 heavy (non-hydrogen) atoms. The zero-order valence-corrected chi connectivity index (χ0v) is 22.5. The van der Waals surface area contributed by atoms with Gasteiger partial charge in [-0.1, -0.05) is 54.6 Å². The van der Waals surface area contributed by atoms with Crippen molar-refractivity contribution >= 4 is 35.6 Å². The molecular formula is C30H29N3O2S2. The normalized spacial score (nSPS) is 13.8. The fraction of sp³-hybridized carbons (Fsp3) is 0.200. The molecule has 1 fully saturated rings. The van der Waals surface area contributed by atoms with Gasteiger partial charge in [0.2, 0.25) is 0 Å². The first-order chi connectivity index (χ1) is 18.1. The van der Waals surface area contributed by atoms with Crippen molar-refractivity contribution in [3.63, 3.8) is 0 Å². The third kappa shape index (κ3) is 6.12. The van der Waals surface area contributed by atoms with E-state index in [-0.39, 0.29) is 12.5 Å². The Kier molecular flexibility index (Phi) is 8.02. The van der Waals surface area contributed by atoms with Crippen LogP contribution >= 0.6 is 23.5 Å². The van der Waals surface area contributed by atoms with Crippen LogP contribution in [-0.2, 0) is 4.79 Å². The Bertz CT molecular complexity index is 1380. The minimum atomic E-state index is -0.299. The molecule has 188 valence electrons. The summed E-state index contributed by atoms with van der Waals surface area (Å²) in [6, 6.07) is 28.9. The van der Waals surface area contributed by atoms with Crippen molar-refractivity contribution in [2.24, 2.45) is 5.10 Å². The Morgan fingerprint density at radius 2 is 1.65 bits per heavy atom. The highest BCUT2D eigenvalue weighted by Crippen LogP contribution is 2.45. The molecule has 0 aliphatic carbocycles. The van der Waals surface area contributed by atoms with Gasteiger partial charge in [-0.25, -0.2) is 5.43 Å². The van der Waals surface area contributed by atoms with Crippen molar-refractivity contribution in [2.75, 3.05) is 18.1 Å². The lowest BCUT2D eigenvalue weighted by molar-refractivity contribution is -0.123. The Labute approximate surface area is 226 Å². The predicted molar refractivity (Wildman–Crippen MR) is 156 cm³/mol. The second kappa shape index (κ2) is 11.8. The zero-order chi connectivity index (χ0) is 25.6. The molecule has 2 heterocycles. The van der Waals surface area contributed by atoms with Gasteiger partial charge in [0.1, 0.15) is 5.75 Å². The van der Waals surface area contributed by atoms with E-state index < -0.39 is 0 Å². The van der Waals surface area contributed by atoms with Crippen LogP contribution in [0, 0.1) is 13.8 Å². The standard InChI is InChI=1S/C30H29N3O2S2/c1-21-18-26(22(2)33(21)27-12-8-24(9-13-27)23-6-4-3-5-7-23)19-31-32-29(34)20-35-28-14-10-25(11-15-28)30-36-16-17-37-30/h3-15,18-19,30H,16-17,20H2,1-2H3,(H,32,34)/b31-19+. The zero-order valence-electron chi connectivity index (χ0n) is 20.9. The number of rotatable bonds is 8. The monoisotopic (exact) mass is 527 g/mol. The van der Waals surface area contributed by atoms with Crippen LogP contribution in [0.25, 0.3) is 16.8 Å². The van der Waals surface area contributed by atoms with E-state index in [1.807, 2.05) is 53.9 Å². The molecule has 0 spiro atoms. The fourth-order valence-electron chi connectivity index (χ4n) is 4.38. The maximum Gasteiger partial charge on any atom is 0.277 e. The number of thioether (sulfide) groups is 2. The van der Waals surface area contributed by atoms with Crippen LogP contribution in [-0.4, -0.2) is 34.8 Å². The minimum Gasteiger partial charge on any atom is -0.484 e. The van der Waals surface area contributed by atoms with Crippen LogP contribution in [0.5, 0.6) is 5.75 Å². The molecule has 0 bridgehead atoms. The molecule has 1 N–H and O–H groups in total. The van der Waals surface area contributed by atoms with Gasteiger partial charge in [0.25, 0.3) is 5.91 Å². The highest BCUT2D eigenvalue weighted by Gasteiger charge is 2.18. The predicted octanol–water partition coefficient (Wildman–Crippen LogP) is 6.77. The topological polar surface area (TPSA) is 55.6 Å². The van der Waals surface area contributed by atoms with Gasteiger partial charge in [-0.15, -0.1) is 23.5 Å². The second-order valence-corrected chi connectivity index (χ2v) is 11.5. The van der Waals surface area contributed by atoms with Crippen LogP contribution in [0.2, 0.25) is 0 Å². The molecule has 5 nitrogen and oxygen atoms in total. The van der Waals surface area contributed by atoms with E-state index in [0.29, 0.717) is 10.3 Å². The first-order valence-corrected chi connectivity index (χ1v) is 14.3. The van der Waals surface area contributed by atoms with E-state index in [9.17, 15) is 4.79 Å². The SMILES string of the molecule is Cc1cc(/C=N/NC(=O)COc2ccc(C3SCCS3)cc2)c(C)n1-c1ccc(-c2ccccc2)cc1. The highest BCUT2D eigenvalue weighted by molar-refractivity contribution is 8.19. The largest absolute Gasteiger partial charge is 0.484 e. The van der Waals surface area contributed by atoms with Crippen LogP contribution in [0.3, 0.4) is 0 Å². The average molecular weight is 528 g/mol. The van der Waals surface area contributed by atoms with Gasteiger partial charge < -0.3 is 9.30 Å². The number of aryl methyl sites for hydroxylation is 1. The molecular weight excluding hydrogens is 498 g/mol. The van der Waals surface area contributed by atoms with Gasteiger partial charge in [0.15, 0.2) is 6.61 Å². The van der Waals surface area contributed by atoms with Crippen LogP contribution in [0.1, 0.15) is 27.1 Å². The Hall–Kier alpha value is -3.42. The number of carbonyl (C=O) groups excluding carboxylic acids is 1. The lowest BCUT2D eigenvalue weighted by Gasteiger charge is -2.11. The maximum atomic E-state index is 12.2. The number of ether oxygens (including phenoxy) is 1. The Morgan fingerprint density at radius 1 is 0.973 bits per heavy atom. The third-order valence-corrected chi connectivity index (χ3v) is 9.34. The number of benzene rings is 3. The van der Waals surface area contributed by atoms with Crippen molar-refractivity contribution in [3.8, 4) is 22.6 Å². The lowest BCUT2D eigenvalue weighted by Crippen LogP contribution is -2.24. The average Bonchev–Trinajstić information content (AvgIpc) is 3.57. The number of amides is 1. The number of hydrogen-bond donors (Lipinski definition) is 1. The molecule has 3 aromatic carbocycles. The van der Waals surface area contributed by atoms with E-state index in [0.717, 1.165) is 22.6 Å². The molecule has 1 aliphatic heterocycles. The van der Waals surface area contributed by atoms with Gasteiger partial charge in [-0.3, -0.25) is 4.79 Å². The van der Waals surface area contributed by atoms with Crippen molar-refractivity contribution in [3.05, 3.63) is 107 Å². The molecule has 1 aliphatic rings. The molecule has 0 radical (unpaired) electrons. The molecule has 1 amide bonds. The molecule has 7 heteroatoms. The number of nitrogens with zero attached hydrogens (tertiary/aromatic N) is 2. The number of aromatic nitrogens is 1. The maximum absolute atomic E-state index is 12.2. The second-order valence-electron chi connectivity index (χ2n) is 8.80. The van der Waals surface area contributed by atoms with Crippen molar-refractivity contribution in [1.82, 2.24) is 9.99 Å². The molecule has 4 aromatic rings. The molecule has 0 atom stereocenters. The number of carbonyl (C=O) groups is 1. The van der Waals surface area contributed by atoms with Crippen LogP contribution < -0.4 is 10.2 Å². The third-order valence-electron chi connectivity index (χ3n) is 6.24. The summed E-state index contributed by atoms with van der Waals surface area (Å²) in [5.41, 5.74) is 10.4. The number of hydrogen-bond acceptors (Lipinski definition) is 5. The quantitative estimate of drug-likeness (QED) is 0.203. The molecule has 0 unspecified atom stereocenters. The first kappa shape index (κ1) is 25.2. The van der Waals surface area contributed by atoms with Crippen molar-refractivity contribution in [1.29, 1.82) is 0 Å². The lowest BCUT2D eigenvalue weighted by atomic mass is 10.1. The summed E-state index contributed by atoms with van der Waals surface area (Å²) in [5.74, 6) is 2.77. The Balaban J connectivity index is 1.17. The molecule has 1 aromatic heterocycles. The summed E-state index contributed by atoms with van der Waals surface area (Å²) in [7, 11) is 0. The molecule has 5 rings (SSSR count). The van der Waals surface area contributed by atoms with Gasteiger partial charge in [0.05, 0.1) is 10.8 Å². The van der Waals surface area contributed by atoms with E-state index in [4.69, 9.17) is 4.74 Å². The summed E-state index contributed by atoms with van der Waals surface area (Å²) in [6.07, 6.45) is 1.68. The van der Waals surface area contributed by atoms with E-state index >= 15 is 0 Å². The fourth-order valence-corrected chi connectivity index (χ4v) is 7.24. The number of nitrogens with one attached hydrogen (secondary N) is 1. The summed E-state index contributed by atoms with van der Waals surface area (Å²) < 4.78 is 8.32. The summed E-state index contributed by atoms with van der Waals surface area (Å²) in [6.45, 7) is 4.03. The van der Waals surface area contributed by atoms with E-state index in [1.165, 1.54) is 28.2 Å². The minimum absolute atomic E-state index is 0.0869. The summed E-state index contributed by atoms with van der Waals surface area (Å²) >= 11 is 3.94. The van der Waals surface area contributed by atoms with Crippen molar-refractivity contribution in [2.45, 2.75) is 18.4 Å². The van der Waals surface area contributed by atoms with E-state index in [1.54, 1.807) is 6.21 Å². The molecule has 0 saturated carbocycles. The number of hydrazone groups is 1. The summed E-state index contributed by atoms with van der Waals surface area (Å²) in [4.78, 5) is 12.2. The van der Waals surface area contributed by atoms with Crippen LogP contribution in [0.4, 0.5) is 0 Å². The first-order valence-electron chi connectivity index (χ1n) is 12.2. The van der Waals surface area contributed by atoms with Crippen LogP contribution in [0.15, 0.2) is 90.0 Å². The van der Waals surface area contributed by atoms with Gasteiger partial charge in [0, 0.05) is 34.1 Å². The van der Waals surface area contributed by atoms with Crippen molar-refractivity contribution < 1.29 is 9.53 Å². The van der Waals surface area contributed by atoms with E-state index in [2.05, 4.69) is 83.5 Å². The Morgan fingerprint density at radius 3 is 2.35 bits per heavy atom. The molecule has 1 saturated heterocycles. The highest BCUT2D eigenvalue weighted by atomic mass is 32.2. The smallest absolute Gasteiger partial charge is 0.277 e. The summed E-state index contributed by atoms with van der Waals surface area (Å²) in [5, 5.41) is 4.16. The van der Waals surface area contributed by atoms with Gasteiger partial charge in [-0.2, -0.15) is 5.10 Å².